The van der Waals surface area contributed by atoms with E-state index < -0.39 is 12.0 Å². The number of nitrogens with two attached hydrogens (primary N) is 1. The monoisotopic (exact) mass is 405 g/mol. The number of nitriles is 1. The van der Waals surface area contributed by atoms with Crippen molar-refractivity contribution < 1.29 is 14.7 Å². The third-order valence-corrected chi connectivity index (χ3v) is 4.24. The number of primary amides is 1. The molecular formula is C22H23N5O3. The number of pyridine rings is 1. The van der Waals surface area contributed by atoms with Crippen LogP contribution in [0.5, 0.6) is 0 Å². The Labute approximate surface area is 175 Å². The van der Waals surface area contributed by atoms with Crippen molar-refractivity contribution in [1.29, 1.82) is 5.26 Å². The second-order valence-electron chi connectivity index (χ2n) is 6.52. The minimum atomic E-state index is -0.943. The van der Waals surface area contributed by atoms with Gasteiger partial charge in [0, 0.05) is 37.7 Å². The van der Waals surface area contributed by atoms with Gasteiger partial charge >= 0.3 is 0 Å². The van der Waals surface area contributed by atoms with Gasteiger partial charge in [-0.25, -0.2) is 4.98 Å². The van der Waals surface area contributed by atoms with Crippen LogP contribution in [0, 0.1) is 23.2 Å². The van der Waals surface area contributed by atoms with Crippen molar-refractivity contribution in [3.05, 3.63) is 47.2 Å². The normalized spacial score (nSPS) is 10.9. The molecule has 8 heteroatoms. The topological polar surface area (TPSA) is 132 Å². The highest BCUT2D eigenvalue weighted by atomic mass is 16.3. The number of benzene rings is 1. The lowest BCUT2D eigenvalue weighted by Gasteiger charge is -2.11. The highest BCUT2D eigenvalue weighted by Gasteiger charge is 2.13. The average Bonchev–Trinajstić information content (AvgIpc) is 2.76. The molecule has 1 aromatic heterocycles. The first kappa shape index (κ1) is 22.4. The van der Waals surface area contributed by atoms with Crippen molar-refractivity contribution >= 4 is 18.0 Å². The predicted molar refractivity (Wildman–Crippen MR) is 113 cm³/mol. The van der Waals surface area contributed by atoms with Gasteiger partial charge in [0.05, 0.1) is 16.9 Å². The average molecular weight is 405 g/mol. The lowest BCUT2D eigenvalue weighted by molar-refractivity contribution is -0.117. The summed E-state index contributed by atoms with van der Waals surface area (Å²) in [7, 11) is 1.61. The van der Waals surface area contributed by atoms with Crippen molar-refractivity contribution in [2.24, 2.45) is 5.73 Å². The van der Waals surface area contributed by atoms with E-state index in [-0.39, 0.29) is 5.69 Å². The van der Waals surface area contributed by atoms with E-state index in [0.29, 0.717) is 54.0 Å². The maximum absolute atomic E-state index is 11.8. The van der Waals surface area contributed by atoms with Gasteiger partial charge in [-0.15, -0.1) is 0 Å². The number of aromatic nitrogens is 1. The van der Waals surface area contributed by atoms with E-state index in [9.17, 15) is 20.0 Å². The molecule has 4 N–H and O–H groups in total. The molecule has 2 aromatic rings. The fraction of sp³-hybridized carbons (Fsp3) is 0.273. The van der Waals surface area contributed by atoms with E-state index in [1.165, 1.54) is 4.90 Å². The van der Waals surface area contributed by atoms with Crippen LogP contribution in [0.3, 0.4) is 0 Å². The zero-order valence-corrected chi connectivity index (χ0v) is 16.8. The number of carbonyl (C=O) groups is 2. The molecule has 2 amide bonds. The molecule has 0 fully saturated rings. The molecule has 0 saturated heterocycles. The highest BCUT2D eigenvalue weighted by Crippen LogP contribution is 2.24. The number of nitrogens with zero attached hydrogens (tertiary/aromatic N) is 3. The minimum Gasteiger partial charge on any atom is -0.383 e. The molecule has 8 nitrogen and oxygen atoms in total. The molecule has 1 heterocycles. The number of amides is 2. The lowest BCUT2D eigenvalue weighted by Crippen LogP contribution is -2.21. The van der Waals surface area contributed by atoms with E-state index in [0.717, 1.165) is 0 Å². The highest BCUT2D eigenvalue weighted by molar-refractivity contribution is 5.97. The molecular weight excluding hydrogens is 382 g/mol. The predicted octanol–water partition coefficient (Wildman–Crippen LogP) is 1.34. The van der Waals surface area contributed by atoms with Gasteiger partial charge < -0.3 is 21.1 Å². The number of hydrogen-bond donors (Lipinski definition) is 3. The van der Waals surface area contributed by atoms with E-state index >= 15 is 0 Å². The number of aliphatic hydroxyl groups is 1. The Kier molecular flexibility index (Phi) is 7.92. The van der Waals surface area contributed by atoms with Crippen LogP contribution in [0.4, 0.5) is 5.69 Å². The number of carbonyl (C=O) groups excluding carboxylic acids is 2. The molecule has 0 radical (unpaired) electrons. The third-order valence-electron chi connectivity index (χ3n) is 4.24. The number of aliphatic hydroxyl groups excluding tert-OH is 1. The van der Waals surface area contributed by atoms with E-state index in [1.54, 1.807) is 37.4 Å². The maximum Gasteiger partial charge on any atom is 0.269 e. The molecule has 0 spiro atoms. The number of nitrogens with one attached hydrogen (secondary N) is 1. The Morgan fingerprint density at radius 3 is 2.77 bits per heavy atom. The van der Waals surface area contributed by atoms with Crippen LogP contribution < -0.4 is 11.1 Å². The maximum atomic E-state index is 11.8. The van der Waals surface area contributed by atoms with Gasteiger partial charge in [0.1, 0.15) is 12.2 Å². The summed E-state index contributed by atoms with van der Waals surface area (Å²) in [5, 5.41) is 22.4. The summed E-state index contributed by atoms with van der Waals surface area (Å²) >= 11 is 0. The van der Waals surface area contributed by atoms with Crippen LogP contribution in [0.15, 0.2) is 30.3 Å². The van der Waals surface area contributed by atoms with Crippen LogP contribution in [0.2, 0.25) is 0 Å². The summed E-state index contributed by atoms with van der Waals surface area (Å²) in [4.78, 5) is 28.1. The van der Waals surface area contributed by atoms with Crippen LogP contribution in [-0.2, 0) is 4.79 Å². The van der Waals surface area contributed by atoms with Gasteiger partial charge in [0.2, 0.25) is 6.41 Å². The van der Waals surface area contributed by atoms with Crippen LogP contribution >= 0.6 is 0 Å². The Morgan fingerprint density at radius 2 is 2.13 bits per heavy atom. The summed E-state index contributed by atoms with van der Waals surface area (Å²) in [6.07, 6.45) is 0.0206. The number of hydrogen-bond acceptors (Lipinski definition) is 6. The zero-order chi connectivity index (χ0) is 22.1. The molecule has 2 rings (SSSR count). The van der Waals surface area contributed by atoms with Gasteiger partial charge in [0.25, 0.3) is 5.91 Å². The van der Waals surface area contributed by atoms with Crippen LogP contribution in [0.25, 0.3) is 11.3 Å². The van der Waals surface area contributed by atoms with Gasteiger partial charge in [-0.1, -0.05) is 17.9 Å². The first-order valence-corrected chi connectivity index (χ1v) is 9.34. The summed E-state index contributed by atoms with van der Waals surface area (Å²) in [5.41, 5.74) is 8.06. The quantitative estimate of drug-likeness (QED) is 0.448. The molecule has 0 aliphatic heterocycles. The molecule has 0 aliphatic rings. The smallest absolute Gasteiger partial charge is 0.269 e. The number of anilines is 1. The fourth-order valence-electron chi connectivity index (χ4n) is 2.66. The summed E-state index contributed by atoms with van der Waals surface area (Å²) in [6, 6.07) is 10.5. The van der Waals surface area contributed by atoms with E-state index in [2.05, 4.69) is 28.2 Å². The molecule has 1 atom stereocenters. The summed E-state index contributed by atoms with van der Waals surface area (Å²) in [5.74, 6) is 4.87. The zero-order valence-electron chi connectivity index (χ0n) is 16.8. The van der Waals surface area contributed by atoms with Gasteiger partial charge in [0.15, 0.2) is 5.69 Å². The first-order valence-electron chi connectivity index (χ1n) is 9.34. The molecule has 30 heavy (non-hydrogen) atoms. The van der Waals surface area contributed by atoms with Crippen LogP contribution in [-0.4, -0.2) is 53.5 Å². The summed E-state index contributed by atoms with van der Waals surface area (Å²) < 4.78 is 0. The Bertz CT molecular complexity index is 1030. The third kappa shape index (κ3) is 5.81. The molecule has 0 bridgehead atoms. The SMILES string of the molecule is CCNc1ccc(-c2ccc(C#N)c(C#C[C@H](O)CCN(C)C=O)c2)nc1C(N)=O. The minimum absolute atomic E-state index is 0.126. The Hall–Kier alpha value is -3.88. The largest absolute Gasteiger partial charge is 0.383 e. The van der Waals surface area contributed by atoms with Crippen molar-refractivity contribution in [2.45, 2.75) is 19.4 Å². The van der Waals surface area contributed by atoms with Crippen LogP contribution in [0.1, 0.15) is 35.0 Å². The summed E-state index contributed by atoms with van der Waals surface area (Å²) in [6.45, 7) is 2.88. The Balaban J connectivity index is 2.36. The fourth-order valence-corrected chi connectivity index (χ4v) is 2.66. The van der Waals surface area contributed by atoms with Crippen molar-refractivity contribution in [1.82, 2.24) is 9.88 Å². The lowest BCUT2D eigenvalue weighted by atomic mass is 10.0. The van der Waals surface area contributed by atoms with E-state index in [1.807, 2.05) is 6.92 Å². The molecule has 1 aromatic carbocycles. The second kappa shape index (κ2) is 10.6. The standard InChI is InChI=1S/C22H23N5O3/c1-3-25-20-9-8-19(26-21(20)22(24)30)16-4-5-17(13-23)15(12-16)6-7-18(29)10-11-27(2)14-28/h4-5,8-9,12,14,18,25,29H,3,10-11H2,1-2H3,(H2,24,30)/t18-/m0/s1. The molecule has 0 unspecified atom stereocenters. The van der Waals surface area contributed by atoms with Gasteiger partial charge in [-0.2, -0.15) is 5.26 Å². The van der Waals surface area contributed by atoms with E-state index in [4.69, 9.17) is 5.73 Å². The van der Waals surface area contributed by atoms with Gasteiger partial charge in [-0.3, -0.25) is 9.59 Å². The van der Waals surface area contributed by atoms with Crippen molar-refractivity contribution in [3.63, 3.8) is 0 Å². The molecule has 0 aliphatic carbocycles. The van der Waals surface area contributed by atoms with Crippen molar-refractivity contribution in [3.8, 4) is 29.2 Å². The Morgan fingerprint density at radius 1 is 1.37 bits per heavy atom. The number of rotatable bonds is 8. The molecule has 154 valence electrons. The first-order chi connectivity index (χ1) is 14.4. The van der Waals surface area contributed by atoms with Crippen molar-refractivity contribution in [2.75, 3.05) is 25.5 Å². The molecule has 0 saturated carbocycles. The van der Waals surface area contributed by atoms with Gasteiger partial charge in [-0.05, 0) is 31.2 Å². The second-order valence-corrected chi connectivity index (χ2v) is 6.52.